The molecule has 3 rings (SSSR count). The second kappa shape index (κ2) is 8.33. The topological polar surface area (TPSA) is 58.6 Å². The maximum Gasteiger partial charge on any atom is 0.422 e. The number of halogens is 3. The number of rotatable bonds is 4. The van der Waals surface area contributed by atoms with Gasteiger partial charge in [-0.05, 0) is 36.1 Å². The lowest BCUT2D eigenvalue weighted by Gasteiger charge is -2.23. The lowest BCUT2D eigenvalue weighted by Crippen LogP contribution is -2.44. The van der Waals surface area contributed by atoms with E-state index in [1.807, 2.05) is 42.5 Å². The maximum absolute atomic E-state index is 12.5. The number of alkyl halides is 3. The maximum atomic E-state index is 12.5. The Morgan fingerprint density at radius 3 is 2.32 bits per heavy atom. The van der Waals surface area contributed by atoms with E-state index < -0.39 is 30.8 Å². The van der Waals surface area contributed by atoms with Crippen molar-refractivity contribution < 1.29 is 27.5 Å². The van der Waals surface area contributed by atoms with Crippen molar-refractivity contribution in [1.29, 1.82) is 0 Å². The fraction of sp³-hybridized carbons (Fsp3) is 0.300. The highest BCUT2D eigenvalue weighted by Crippen LogP contribution is 2.24. The van der Waals surface area contributed by atoms with E-state index in [1.165, 1.54) is 0 Å². The molecular formula is C20H19F3N2O3. The zero-order chi connectivity index (χ0) is 20.1. The van der Waals surface area contributed by atoms with Crippen molar-refractivity contribution in [1.82, 2.24) is 4.90 Å². The Hall–Kier alpha value is -3.03. The van der Waals surface area contributed by atoms with Crippen LogP contribution in [0.25, 0.3) is 11.1 Å². The zero-order valence-corrected chi connectivity index (χ0v) is 14.9. The van der Waals surface area contributed by atoms with Gasteiger partial charge in [0.05, 0.1) is 0 Å². The van der Waals surface area contributed by atoms with Crippen LogP contribution in [0.15, 0.2) is 54.6 Å². The van der Waals surface area contributed by atoms with Crippen molar-refractivity contribution in [2.75, 3.05) is 18.5 Å². The van der Waals surface area contributed by atoms with Crippen molar-refractivity contribution in [3.63, 3.8) is 0 Å². The predicted octanol–water partition coefficient (Wildman–Crippen LogP) is 4.46. The van der Waals surface area contributed by atoms with Gasteiger partial charge in [-0.15, -0.1) is 0 Å². The Morgan fingerprint density at radius 2 is 1.68 bits per heavy atom. The van der Waals surface area contributed by atoms with E-state index in [1.54, 1.807) is 12.1 Å². The molecule has 0 radical (unpaired) electrons. The number of likely N-dealkylation sites (tertiary alicyclic amines) is 1. The second-order valence-electron chi connectivity index (χ2n) is 6.45. The molecule has 2 aromatic rings. The molecule has 0 bridgehead atoms. The molecule has 5 nitrogen and oxygen atoms in total. The molecule has 2 amide bonds. The summed E-state index contributed by atoms with van der Waals surface area (Å²) in [6, 6.07) is 16.1. The van der Waals surface area contributed by atoms with Crippen LogP contribution in [0, 0.1) is 0 Å². The first kappa shape index (κ1) is 19.7. The number of benzene rings is 2. The minimum absolute atomic E-state index is 0.182. The molecule has 1 atom stereocenters. The highest BCUT2D eigenvalue weighted by molar-refractivity contribution is 5.97. The van der Waals surface area contributed by atoms with E-state index in [2.05, 4.69) is 10.1 Å². The van der Waals surface area contributed by atoms with Gasteiger partial charge in [0.2, 0.25) is 5.91 Å². The van der Waals surface area contributed by atoms with E-state index in [4.69, 9.17) is 0 Å². The van der Waals surface area contributed by atoms with Gasteiger partial charge in [0.15, 0.2) is 6.61 Å². The average molecular weight is 392 g/mol. The SMILES string of the molecule is O=C(Nc1ccc(-c2ccccc2)cc1)C1CCCN1C(=O)OCC(F)(F)F. The predicted molar refractivity (Wildman–Crippen MR) is 97.6 cm³/mol. The largest absolute Gasteiger partial charge is 0.440 e. The van der Waals surface area contributed by atoms with Gasteiger partial charge in [-0.3, -0.25) is 9.69 Å². The summed E-state index contributed by atoms with van der Waals surface area (Å²) in [7, 11) is 0. The number of nitrogens with zero attached hydrogens (tertiary/aromatic N) is 1. The van der Waals surface area contributed by atoms with Crippen molar-refractivity contribution in [3.05, 3.63) is 54.6 Å². The molecule has 2 aromatic carbocycles. The molecule has 1 unspecified atom stereocenters. The Morgan fingerprint density at radius 1 is 1.04 bits per heavy atom. The molecular weight excluding hydrogens is 373 g/mol. The van der Waals surface area contributed by atoms with E-state index in [-0.39, 0.29) is 6.54 Å². The Bertz CT molecular complexity index is 823. The first-order valence-electron chi connectivity index (χ1n) is 8.80. The molecule has 0 aliphatic carbocycles. The molecule has 1 aliphatic heterocycles. The average Bonchev–Trinajstić information content (AvgIpc) is 3.17. The van der Waals surface area contributed by atoms with Gasteiger partial charge in [0.25, 0.3) is 0 Å². The Balaban J connectivity index is 1.61. The van der Waals surface area contributed by atoms with Crippen LogP contribution >= 0.6 is 0 Å². The van der Waals surface area contributed by atoms with Crippen LogP contribution in [0.5, 0.6) is 0 Å². The minimum atomic E-state index is -4.60. The molecule has 1 N–H and O–H groups in total. The van der Waals surface area contributed by atoms with Crippen molar-refractivity contribution >= 4 is 17.7 Å². The molecule has 0 spiro atoms. The Labute approximate surface area is 160 Å². The van der Waals surface area contributed by atoms with Gasteiger partial charge in [-0.2, -0.15) is 13.2 Å². The molecule has 0 saturated carbocycles. The van der Waals surface area contributed by atoms with Crippen LogP contribution < -0.4 is 5.32 Å². The number of hydrogen-bond donors (Lipinski definition) is 1. The molecule has 8 heteroatoms. The van der Waals surface area contributed by atoms with E-state index >= 15 is 0 Å². The standard InChI is InChI=1S/C20H19F3N2O3/c21-20(22,23)13-28-19(27)25-12-4-7-17(25)18(26)24-16-10-8-15(9-11-16)14-5-2-1-3-6-14/h1-3,5-6,8-11,17H,4,7,12-13H2,(H,24,26). The summed E-state index contributed by atoms with van der Waals surface area (Å²) < 4.78 is 40.9. The molecule has 1 fully saturated rings. The quantitative estimate of drug-likeness (QED) is 0.836. The van der Waals surface area contributed by atoms with Crippen LogP contribution in [0.3, 0.4) is 0 Å². The van der Waals surface area contributed by atoms with Crippen LogP contribution in [-0.4, -0.2) is 42.3 Å². The van der Waals surface area contributed by atoms with Crippen molar-refractivity contribution in [2.45, 2.75) is 25.1 Å². The number of ether oxygens (including phenoxy) is 1. The van der Waals surface area contributed by atoms with E-state index in [0.717, 1.165) is 16.0 Å². The minimum Gasteiger partial charge on any atom is -0.440 e. The van der Waals surface area contributed by atoms with E-state index in [9.17, 15) is 22.8 Å². The molecule has 148 valence electrons. The van der Waals surface area contributed by atoms with Crippen LogP contribution in [-0.2, 0) is 9.53 Å². The number of carbonyl (C=O) groups excluding carboxylic acids is 2. The molecule has 1 heterocycles. The summed E-state index contributed by atoms with van der Waals surface area (Å²) in [5, 5.41) is 2.71. The van der Waals surface area contributed by atoms with Gasteiger partial charge < -0.3 is 10.1 Å². The number of carbonyl (C=O) groups is 2. The highest BCUT2D eigenvalue weighted by atomic mass is 19.4. The normalized spacial score (nSPS) is 16.7. The molecule has 1 saturated heterocycles. The fourth-order valence-corrected chi connectivity index (χ4v) is 3.09. The molecule has 1 aliphatic rings. The van der Waals surface area contributed by atoms with Gasteiger partial charge in [0, 0.05) is 12.2 Å². The number of amides is 2. The third-order valence-corrected chi connectivity index (χ3v) is 4.41. The third-order valence-electron chi connectivity index (χ3n) is 4.41. The highest BCUT2D eigenvalue weighted by Gasteiger charge is 2.37. The number of nitrogens with one attached hydrogen (secondary N) is 1. The lowest BCUT2D eigenvalue weighted by molar-refractivity contribution is -0.162. The van der Waals surface area contributed by atoms with Gasteiger partial charge in [-0.1, -0.05) is 42.5 Å². The van der Waals surface area contributed by atoms with Gasteiger partial charge >= 0.3 is 12.3 Å². The first-order chi connectivity index (χ1) is 13.3. The van der Waals surface area contributed by atoms with Crippen LogP contribution in [0.2, 0.25) is 0 Å². The van der Waals surface area contributed by atoms with Crippen LogP contribution in [0.4, 0.5) is 23.7 Å². The van der Waals surface area contributed by atoms with Gasteiger partial charge in [-0.25, -0.2) is 4.79 Å². The smallest absolute Gasteiger partial charge is 0.422 e. The first-order valence-corrected chi connectivity index (χ1v) is 8.80. The Kier molecular flexibility index (Phi) is 5.87. The van der Waals surface area contributed by atoms with Crippen molar-refractivity contribution in [3.8, 4) is 11.1 Å². The van der Waals surface area contributed by atoms with Crippen LogP contribution in [0.1, 0.15) is 12.8 Å². The summed E-state index contributed by atoms with van der Waals surface area (Å²) in [5.74, 6) is -0.450. The number of anilines is 1. The summed E-state index contributed by atoms with van der Waals surface area (Å²) >= 11 is 0. The summed E-state index contributed by atoms with van der Waals surface area (Å²) in [6.07, 6.45) is -4.84. The third kappa shape index (κ3) is 5.03. The van der Waals surface area contributed by atoms with Crippen molar-refractivity contribution in [2.24, 2.45) is 0 Å². The molecule has 0 aromatic heterocycles. The zero-order valence-electron chi connectivity index (χ0n) is 14.9. The fourth-order valence-electron chi connectivity index (χ4n) is 3.09. The second-order valence-corrected chi connectivity index (χ2v) is 6.45. The lowest BCUT2D eigenvalue weighted by atomic mass is 10.1. The molecule has 28 heavy (non-hydrogen) atoms. The summed E-state index contributed by atoms with van der Waals surface area (Å²) in [5.41, 5.74) is 2.56. The summed E-state index contributed by atoms with van der Waals surface area (Å²) in [4.78, 5) is 25.4. The van der Waals surface area contributed by atoms with Gasteiger partial charge in [0.1, 0.15) is 6.04 Å². The monoisotopic (exact) mass is 392 g/mol. The number of hydrogen-bond acceptors (Lipinski definition) is 3. The summed E-state index contributed by atoms with van der Waals surface area (Å²) in [6.45, 7) is -1.49. The van der Waals surface area contributed by atoms with E-state index in [0.29, 0.717) is 18.5 Å².